The number of anilines is 1. The lowest BCUT2D eigenvalue weighted by molar-refractivity contribution is 0.107. The van der Waals surface area contributed by atoms with Crippen LogP contribution < -0.4 is 5.32 Å². The first-order chi connectivity index (χ1) is 7.75. The van der Waals surface area contributed by atoms with Gasteiger partial charge < -0.3 is 14.5 Å². The van der Waals surface area contributed by atoms with Gasteiger partial charge >= 0.3 is 6.01 Å². The standard InChI is InChI=1S/C10H16ClN3O2/c1-7(11)9-13-14-10(16-9)12-5-4-8-3-2-6-15-8/h7-8H,2-6H2,1H3,(H,12,14). The van der Waals surface area contributed by atoms with E-state index in [4.69, 9.17) is 20.8 Å². The summed E-state index contributed by atoms with van der Waals surface area (Å²) in [7, 11) is 0. The molecule has 16 heavy (non-hydrogen) atoms. The van der Waals surface area contributed by atoms with Crippen molar-refractivity contribution >= 4 is 17.6 Å². The van der Waals surface area contributed by atoms with Crippen LogP contribution in [-0.2, 0) is 4.74 Å². The van der Waals surface area contributed by atoms with Gasteiger partial charge in [0, 0.05) is 13.2 Å². The monoisotopic (exact) mass is 245 g/mol. The van der Waals surface area contributed by atoms with E-state index in [0.717, 1.165) is 26.0 Å². The number of alkyl halides is 1. The molecule has 1 saturated heterocycles. The number of nitrogens with zero attached hydrogens (tertiary/aromatic N) is 2. The zero-order valence-corrected chi connectivity index (χ0v) is 10.0. The van der Waals surface area contributed by atoms with Gasteiger partial charge in [-0.3, -0.25) is 0 Å². The summed E-state index contributed by atoms with van der Waals surface area (Å²) in [4.78, 5) is 0. The van der Waals surface area contributed by atoms with Crippen molar-refractivity contribution in [1.82, 2.24) is 10.2 Å². The number of hydrogen-bond acceptors (Lipinski definition) is 5. The molecule has 0 spiro atoms. The average molecular weight is 246 g/mol. The molecule has 0 amide bonds. The van der Waals surface area contributed by atoms with Crippen LogP contribution in [0, 0.1) is 0 Å². The van der Waals surface area contributed by atoms with Crippen molar-refractivity contribution in [3.8, 4) is 0 Å². The number of rotatable bonds is 5. The highest BCUT2D eigenvalue weighted by Crippen LogP contribution is 2.19. The number of nitrogens with one attached hydrogen (secondary N) is 1. The fraction of sp³-hybridized carbons (Fsp3) is 0.800. The Balaban J connectivity index is 1.72. The molecule has 0 aliphatic carbocycles. The maximum Gasteiger partial charge on any atom is 0.315 e. The fourth-order valence-corrected chi connectivity index (χ4v) is 1.77. The third kappa shape index (κ3) is 3.09. The molecule has 1 fully saturated rings. The highest BCUT2D eigenvalue weighted by atomic mass is 35.5. The van der Waals surface area contributed by atoms with Crippen LogP contribution in [0.25, 0.3) is 0 Å². The molecule has 2 unspecified atom stereocenters. The fourth-order valence-electron chi connectivity index (χ4n) is 1.68. The van der Waals surface area contributed by atoms with Crippen molar-refractivity contribution in [2.75, 3.05) is 18.5 Å². The summed E-state index contributed by atoms with van der Waals surface area (Å²) >= 11 is 5.81. The first kappa shape index (κ1) is 11.7. The van der Waals surface area contributed by atoms with E-state index in [9.17, 15) is 0 Å². The molecule has 2 rings (SSSR count). The van der Waals surface area contributed by atoms with Crippen LogP contribution in [0.4, 0.5) is 6.01 Å². The van der Waals surface area contributed by atoms with E-state index >= 15 is 0 Å². The zero-order chi connectivity index (χ0) is 11.4. The zero-order valence-electron chi connectivity index (χ0n) is 9.28. The molecule has 0 radical (unpaired) electrons. The van der Waals surface area contributed by atoms with Crippen LogP contribution >= 0.6 is 11.6 Å². The summed E-state index contributed by atoms with van der Waals surface area (Å²) in [6.07, 6.45) is 3.66. The summed E-state index contributed by atoms with van der Waals surface area (Å²) in [5.74, 6) is 0.446. The minimum Gasteiger partial charge on any atom is -0.407 e. The molecule has 2 heterocycles. The summed E-state index contributed by atoms with van der Waals surface area (Å²) in [6, 6.07) is 0.431. The molecule has 1 N–H and O–H groups in total. The average Bonchev–Trinajstić information content (AvgIpc) is 2.87. The lowest BCUT2D eigenvalue weighted by Gasteiger charge is -2.08. The van der Waals surface area contributed by atoms with Crippen LogP contribution in [0.3, 0.4) is 0 Å². The minimum absolute atomic E-state index is 0.249. The molecule has 0 bridgehead atoms. The van der Waals surface area contributed by atoms with Gasteiger partial charge in [-0.2, -0.15) is 0 Å². The van der Waals surface area contributed by atoms with E-state index in [2.05, 4.69) is 15.5 Å². The van der Waals surface area contributed by atoms with Gasteiger partial charge in [-0.1, -0.05) is 5.10 Å². The quantitative estimate of drug-likeness (QED) is 0.807. The third-order valence-corrected chi connectivity index (χ3v) is 2.73. The van der Waals surface area contributed by atoms with Crippen LogP contribution in [0.1, 0.15) is 37.5 Å². The van der Waals surface area contributed by atoms with Crippen LogP contribution in [0.2, 0.25) is 0 Å². The second kappa shape index (κ2) is 5.50. The first-order valence-electron chi connectivity index (χ1n) is 5.58. The van der Waals surface area contributed by atoms with Crippen LogP contribution in [0.15, 0.2) is 4.42 Å². The Bertz CT molecular complexity index is 324. The van der Waals surface area contributed by atoms with E-state index in [1.165, 1.54) is 6.42 Å². The van der Waals surface area contributed by atoms with Crippen molar-refractivity contribution in [2.45, 2.75) is 37.7 Å². The molecule has 2 atom stereocenters. The summed E-state index contributed by atoms with van der Waals surface area (Å²) in [6.45, 7) is 3.47. The van der Waals surface area contributed by atoms with Gasteiger partial charge in [-0.25, -0.2) is 0 Å². The van der Waals surface area contributed by atoms with Gasteiger partial charge in [-0.15, -0.1) is 16.7 Å². The number of halogens is 1. The Morgan fingerprint density at radius 1 is 1.56 bits per heavy atom. The number of hydrogen-bond donors (Lipinski definition) is 1. The predicted molar refractivity (Wildman–Crippen MR) is 60.6 cm³/mol. The highest BCUT2D eigenvalue weighted by molar-refractivity contribution is 6.20. The summed E-state index contributed by atoms with van der Waals surface area (Å²) < 4.78 is 10.8. The Morgan fingerprint density at radius 2 is 2.44 bits per heavy atom. The molecular formula is C10H16ClN3O2. The number of aromatic nitrogens is 2. The molecule has 1 aliphatic heterocycles. The molecule has 5 nitrogen and oxygen atoms in total. The Labute approximate surface area is 99.5 Å². The smallest absolute Gasteiger partial charge is 0.315 e. The van der Waals surface area contributed by atoms with Gasteiger partial charge in [0.1, 0.15) is 5.38 Å². The van der Waals surface area contributed by atoms with Gasteiger partial charge in [0.2, 0.25) is 5.89 Å². The van der Waals surface area contributed by atoms with E-state index in [1.54, 1.807) is 6.92 Å². The molecule has 1 aliphatic rings. The lowest BCUT2D eigenvalue weighted by Crippen LogP contribution is -2.12. The molecule has 0 saturated carbocycles. The Hall–Kier alpha value is -0.810. The van der Waals surface area contributed by atoms with Crippen molar-refractivity contribution in [3.63, 3.8) is 0 Å². The summed E-state index contributed by atoms with van der Waals surface area (Å²) in [5.41, 5.74) is 0. The highest BCUT2D eigenvalue weighted by Gasteiger charge is 2.15. The molecule has 0 aromatic carbocycles. The normalized spacial score (nSPS) is 22.2. The second-order valence-corrected chi connectivity index (χ2v) is 4.57. The lowest BCUT2D eigenvalue weighted by atomic mass is 10.2. The molecule has 6 heteroatoms. The topological polar surface area (TPSA) is 60.2 Å². The van der Waals surface area contributed by atoms with E-state index < -0.39 is 0 Å². The number of ether oxygens (including phenoxy) is 1. The van der Waals surface area contributed by atoms with Gasteiger partial charge in [-0.05, 0) is 26.2 Å². The summed E-state index contributed by atoms with van der Waals surface area (Å²) in [5, 5.41) is 10.5. The Morgan fingerprint density at radius 3 is 3.06 bits per heavy atom. The van der Waals surface area contributed by atoms with Gasteiger partial charge in [0.05, 0.1) is 6.10 Å². The minimum atomic E-state index is -0.249. The van der Waals surface area contributed by atoms with Crippen molar-refractivity contribution in [3.05, 3.63) is 5.89 Å². The molecule has 1 aromatic heterocycles. The van der Waals surface area contributed by atoms with Crippen molar-refractivity contribution in [1.29, 1.82) is 0 Å². The first-order valence-corrected chi connectivity index (χ1v) is 6.02. The third-order valence-electron chi connectivity index (χ3n) is 2.55. The maximum atomic E-state index is 5.81. The predicted octanol–water partition coefficient (Wildman–Crippen LogP) is 2.35. The van der Waals surface area contributed by atoms with Crippen molar-refractivity contribution in [2.24, 2.45) is 0 Å². The maximum absolute atomic E-state index is 5.81. The molecular weight excluding hydrogens is 230 g/mol. The van der Waals surface area contributed by atoms with Gasteiger partial charge in [0.15, 0.2) is 0 Å². The van der Waals surface area contributed by atoms with Crippen molar-refractivity contribution < 1.29 is 9.15 Å². The van der Waals surface area contributed by atoms with Crippen LogP contribution in [-0.4, -0.2) is 29.5 Å². The largest absolute Gasteiger partial charge is 0.407 e. The van der Waals surface area contributed by atoms with Gasteiger partial charge in [0.25, 0.3) is 0 Å². The van der Waals surface area contributed by atoms with E-state index in [0.29, 0.717) is 18.0 Å². The molecule has 1 aromatic rings. The molecule has 90 valence electrons. The van der Waals surface area contributed by atoms with E-state index in [-0.39, 0.29) is 5.38 Å². The Kier molecular flexibility index (Phi) is 4.01. The SMILES string of the molecule is CC(Cl)c1nnc(NCCC2CCCO2)o1. The van der Waals surface area contributed by atoms with E-state index in [1.807, 2.05) is 0 Å². The van der Waals surface area contributed by atoms with Crippen LogP contribution in [0.5, 0.6) is 0 Å². The second-order valence-electron chi connectivity index (χ2n) is 3.91.